The third kappa shape index (κ3) is 3.08. The topological polar surface area (TPSA) is 20.3 Å². The van der Waals surface area contributed by atoms with E-state index in [0.29, 0.717) is 16.9 Å². The van der Waals surface area contributed by atoms with Crippen molar-refractivity contribution in [1.82, 2.24) is 0 Å². The number of carbonyl (C=O) groups is 1. The van der Waals surface area contributed by atoms with E-state index in [1.807, 2.05) is 19.1 Å². The Kier molecular flexibility index (Phi) is 4.33. The van der Waals surface area contributed by atoms with Gasteiger partial charge in [0.05, 0.1) is 0 Å². The largest absolute Gasteiger partial charge is 0.369 e. The number of benzene rings is 1. The molecule has 0 radical (unpaired) electrons. The lowest BCUT2D eigenvalue weighted by Crippen LogP contribution is -2.40. The molecule has 2 unspecified atom stereocenters. The summed E-state index contributed by atoms with van der Waals surface area (Å²) in [5.74, 6) is 0.220. The summed E-state index contributed by atoms with van der Waals surface area (Å²) in [6.45, 7) is 8.65. The molecule has 0 aromatic heterocycles. The Morgan fingerprint density at radius 1 is 1.22 bits per heavy atom. The number of anilines is 1. The number of thioether (sulfide) groups is 1. The van der Waals surface area contributed by atoms with Crippen LogP contribution in [0.25, 0.3) is 0 Å². The van der Waals surface area contributed by atoms with Crippen molar-refractivity contribution in [3.8, 4) is 0 Å². The average Bonchev–Trinajstić information content (AvgIpc) is 2.37. The van der Waals surface area contributed by atoms with Gasteiger partial charge in [0.1, 0.15) is 0 Å². The van der Waals surface area contributed by atoms with E-state index in [1.165, 1.54) is 5.69 Å². The molecule has 0 aliphatic carbocycles. The fraction of sp³-hybridized carbons (Fsp3) is 0.533. The highest BCUT2D eigenvalue weighted by atomic mass is 32.2. The number of rotatable bonds is 3. The van der Waals surface area contributed by atoms with E-state index in [0.717, 1.165) is 18.7 Å². The predicted octanol–water partition coefficient (Wildman–Crippen LogP) is 3.61. The highest BCUT2D eigenvalue weighted by molar-refractivity contribution is 8.00. The van der Waals surface area contributed by atoms with Gasteiger partial charge in [-0.3, -0.25) is 4.79 Å². The lowest BCUT2D eigenvalue weighted by molar-refractivity contribution is 0.0988. The van der Waals surface area contributed by atoms with Crippen molar-refractivity contribution in [3.05, 3.63) is 29.8 Å². The highest BCUT2D eigenvalue weighted by Gasteiger charge is 2.22. The standard InChI is InChI=1S/C15H21NOS/c1-4-15(17)13-5-7-14(8-6-13)16-9-11(2)18-12(3)10-16/h5-8,11-12H,4,9-10H2,1-3H3. The molecule has 2 atom stereocenters. The van der Waals surface area contributed by atoms with Crippen molar-refractivity contribution >= 4 is 23.2 Å². The van der Waals surface area contributed by atoms with Crippen LogP contribution in [0.15, 0.2) is 24.3 Å². The molecule has 98 valence electrons. The number of hydrogen-bond donors (Lipinski definition) is 0. The molecule has 1 aromatic carbocycles. The van der Waals surface area contributed by atoms with Gasteiger partial charge in [0.15, 0.2) is 5.78 Å². The molecule has 3 heteroatoms. The van der Waals surface area contributed by atoms with Gasteiger partial charge >= 0.3 is 0 Å². The molecule has 0 saturated carbocycles. The van der Waals surface area contributed by atoms with Crippen LogP contribution in [0.3, 0.4) is 0 Å². The summed E-state index contributed by atoms with van der Waals surface area (Å²) >= 11 is 2.06. The van der Waals surface area contributed by atoms with Gasteiger partial charge in [-0.25, -0.2) is 0 Å². The van der Waals surface area contributed by atoms with Gasteiger partial charge in [-0.1, -0.05) is 20.8 Å². The highest BCUT2D eigenvalue weighted by Crippen LogP contribution is 2.28. The first-order valence-corrected chi connectivity index (χ1v) is 7.58. The number of carbonyl (C=O) groups excluding carboxylic acids is 1. The molecule has 1 heterocycles. The first-order valence-electron chi connectivity index (χ1n) is 6.63. The van der Waals surface area contributed by atoms with Crippen LogP contribution in [-0.2, 0) is 0 Å². The van der Waals surface area contributed by atoms with Gasteiger partial charge in [0, 0.05) is 41.3 Å². The molecule has 1 fully saturated rings. The van der Waals surface area contributed by atoms with E-state index in [-0.39, 0.29) is 5.78 Å². The fourth-order valence-electron chi connectivity index (χ4n) is 2.45. The number of ketones is 1. The van der Waals surface area contributed by atoms with Crippen molar-refractivity contribution in [1.29, 1.82) is 0 Å². The summed E-state index contributed by atoms with van der Waals surface area (Å²) in [5, 5.41) is 1.34. The first kappa shape index (κ1) is 13.5. The van der Waals surface area contributed by atoms with Crippen molar-refractivity contribution in [2.24, 2.45) is 0 Å². The Morgan fingerprint density at radius 3 is 2.28 bits per heavy atom. The Hall–Kier alpha value is -0.960. The number of nitrogens with zero attached hydrogens (tertiary/aromatic N) is 1. The number of hydrogen-bond acceptors (Lipinski definition) is 3. The number of Topliss-reactive ketones (excluding diaryl/α,β-unsaturated/α-hetero) is 1. The van der Waals surface area contributed by atoms with Gasteiger partial charge in [0.2, 0.25) is 0 Å². The predicted molar refractivity (Wildman–Crippen MR) is 79.8 cm³/mol. The second-order valence-corrected chi connectivity index (χ2v) is 6.87. The second-order valence-electron chi connectivity index (χ2n) is 4.99. The van der Waals surface area contributed by atoms with E-state index < -0.39 is 0 Å². The maximum atomic E-state index is 11.6. The summed E-state index contributed by atoms with van der Waals surface area (Å²) in [4.78, 5) is 14.0. The molecule has 0 spiro atoms. The van der Waals surface area contributed by atoms with Crippen LogP contribution in [0.4, 0.5) is 5.69 Å². The summed E-state index contributed by atoms with van der Waals surface area (Å²) in [7, 11) is 0. The lowest BCUT2D eigenvalue weighted by Gasteiger charge is -2.36. The van der Waals surface area contributed by atoms with Crippen molar-refractivity contribution in [3.63, 3.8) is 0 Å². The molecule has 1 aromatic rings. The molecule has 0 N–H and O–H groups in total. The second kappa shape index (κ2) is 5.79. The Morgan fingerprint density at radius 2 is 1.78 bits per heavy atom. The third-order valence-electron chi connectivity index (χ3n) is 3.30. The molecule has 2 rings (SSSR count). The first-order chi connectivity index (χ1) is 8.60. The molecular formula is C15H21NOS. The fourth-order valence-corrected chi connectivity index (χ4v) is 3.78. The molecule has 0 bridgehead atoms. The van der Waals surface area contributed by atoms with E-state index in [1.54, 1.807) is 0 Å². The molecule has 1 saturated heterocycles. The zero-order valence-corrected chi connectivity index (χ0v) is 12.2. The van der Waals surface area contributed by atoms with Gasteiger partial charge < -0.3 is 4.90 Å². The maximum Gasteiger partial charge on any atom is 0.162 e. The normalized spacial score (nSPS) is 24.1. The zero-order valence-electron chi connectivity index (χ0n) is 11.3. The summed E-state index contributed by atoms with van der Waals surface area (Å²) in [5.41, 5.74) is 2.07. The molecule has 18 heavy (non-hydrogen) atoms. The van der Waals surface area contributed by atoms with E-state index >= 15 is 0 Å². The monoisotopic (exact) mass is 263 g/mol. The van der Waals surface area contributed by atoms with Gasteiger partial charge in [0.25, 0.3) is 0 Å². The smallest absolute Gasteiger partial charge is 0.162 e. The van der Waals surface area contributed by atoms with E-state index in [9.17, 15) is 4.79 Å². The van der Waals surface area contributed by atoms with Crippen LogP contribution in [0.5, 0.6) is 0 Å². The van der Waals surface area contributed by atoms with Crippen LogP contribution in [0.1, 0.15) is 37.6 Å². The molecule has 1 aliphatic heterocycles. The van der Waals surface area contributed by atoms with Crippen LogP contribution in [-0.4, -0.2) is 29.4 Å². The quantitative estimate of drug-likeness (QED) is 0.777. The van der Waals surface area contributed by atoms with Gasteiger partial charge in [-0.05, 0) is 24.3 Å². The molecule has 1 aliphatic rings. The Bertz CT molecular complexity index is 405. The summed E-state index contributed by atoms with van der Waals surface area (Å²) in [6, 6.07) is 8.08. The molecular weight excluding hydrogens is 242 g/mol. The minimum Gasteiger partial charge on any atom is -0.369 e. The van der Waals surface area contributed by atoms with E-state index in [2.05, 4.69) is 42.6 Å². The summed E-state index contributed by atoms with van der Waals surface area (Å²) in [6.07, 6.45) is 0.577. The van der Waals surface area contributed by atoms with Crippen molar-refractivity contribution in [2.45, 2.75) is 37.7 Å². The van der Waals surface area contributed by atoms with Crippen LogP contribution < -0.4 is 4.90 Å². The SMILES string of the molecule is CCC(=O)c1ccc(N2CC(C)SC(C)C2)cc1. The summed E-state index contributed by atoms with van der Waals surface area (Å²) < 4.78 is 0. The lowest BCUT2D eigenvalue weighted by atomic mass is 10.1. The van der Waals surface area contributed by atoms with E-state index in [4.69, 9.17) is 0 Å². The van der Waals surface area contributed by atoms with Gasteiger partial charge in [-0.2, -0.15) is 11.8 Å². The Labute approximate surface area is 114 Å². The van der Waals surface area contributed by atoms with Crippen LogP contribution in [0, 0.1) is 0 Å². The minimum absolute atomic E-state index is 0.220. The van der Waals surface area contributed by atoms with Crippen molar-refractivity contribution in [2.75, 3.05) is 18.0 Å². The van der Waals surface area contributed by atoms with Gasteiger partial charge in [-0.15, -0.1) is 0 Å². The Balaban J connectivity index is 2.11. The van der Waals surface area contributed by atoms with Crippen LogP contribution >= 0.6 is 11.8 Å². The third-order valence-corrected chi connectivity index (χ3v) is 4.52. The maximum absolute atomic E-state index is 11.6. The van der Waals surface area contributed by atoms with Crippen LogP contribution in [0.2, 0.25) is 0 Å². The minimum atomic E-state index is 0.220. The van der Waals surface area contributed by atoms with Crippen molar-refractivity contribution < 1.29 is 4.79 Å². The molecule has 2 nitrogen and oxygen atoms in total. The average molecular weight is 263 g/mol. The molecule has 0 amide bonds. The zero-order chi connectivity index (χ0) is 13.1.